The van der Waals surface area contributed by atoms with Crippen LogP contribution in [0.4, 0.5) is 5.69 Å². The Kier molecular flexibility index (Phi) is 3.85. The van der Waals surface area contributed by atoms with Gasteiger partial charge in [0.25, 0.3) is 0 Å². The molecule has 3 rings (SSSR count). The Labute approximate surface area is 130 Å². The smallest absolute Gasteiger partial charge is 0.129 e. The molecule has 0 aliphatic rings. The van der Waals surface area contributed by atoms with Crippen LogP contribution in [0.15, 0.2) is 53.4 Å². The molecule has 0 bridgehead atoms. The molecule has 0 radical (unpaired) electrons. The van der Waals surface area contributed by atoms with E-state index in [0.29, 0.717) is 6.54 Å². The molecule has 2 heterocycles. The summed E-state index contributed by atoms with van der Waals surface area (Å²) in [6, 6.07) is 11.6. The van der Waals surface area contributed by atoms with Gasteiger partial charge in [-0.25, -0.2) is 4.98 Å². The number of nitrogens with zero attached hydrogens (tertiary/aromatic N) is 2. The molecule has 3 aromatic rings. The number of hydrogen-bond donors (Lipinski definition) is 1. The zero-order valence-electron chi connectivity index (χ0n) is 10.5. The Morgan fingerprint density at radius 3 is 2.70 bits per heavy atom. The number of halogens is 2. The maximum Gasteiger partial charge on any atom is 0.129 e. The number of rotatable bonds is 3. The van der Waals surface area contributed by atoms with Crippen molar-refractivity contribution in [2.45, 2.75) is 6.54 Å². The molecular weight excluding hydrogens is 338 g/mol. The van der Waals surface area contributed by atoms with Crippen LogP contribution in [0.3, 0.4) is 0 Å². The Morgan fingerprint density at radius 1 is 1.05 bits per heavy atom. The number of hydrogen-bond acceptors (Lipinski definition) is 3. The van der Waals surface area contributed by atoms with Crippen molar-refractivity contribution >= 4 is 44.1 Å². The van der Waals surface area contributed by atoms with E-state index in [-0.39, 0.29) is 0 Å². The highest BCUT2D eigenvalue weighted by Crippen LogP contribution is 2.26. The van der Waals surface area contributed by atoms with E-state index in [9.17, 15) is 0 Å². The first kappa shape index (κ1) is 13.3. The molecule has 0 fully saturated rings. The molecule has 0 saturated heterocycles. The molecule has 1 N–H and O–H groups in total. The van der Waals surface area contributed by atoms with E-state index in [1.54, 1.807) is 12.4 Å². The Bertz CT molecular complexity index is 761. The number of aromatic nitrogens is 2. The van der Waals surface area contributed by atoms with Gasteiger partial charge in [-0.15, -0.1) is 0 Å². The van der Waals surface area contributed by atoms with E-state index in [1.165, 1.54) is 0 Å². The average Bonchev–Trinajstić information content (AvgIpc) is 2.48. The topological polar surface area (TPSA) is 37.8 Å². The van der Waals surface area contributed by atoms with Crippen LogP contribution in [0, 0.1) is 0 Å². The van der Waals surface area contributed by atoms with Gasteiger partial charge in [-0.3, -0.25) is 4.98 Å². The van der Waals surface area contributed by atoms with Gasteiger partial charge in [0.15, 0.2) is 0 Å². The molecule has 0 aliphatic heterocycles. The summed E-state index contributed by atoms with van der Waals surface area (Å²) >= 11 is 9.61. The third-order valence-electron chi connectivity index (χ3n) is 3.03. The van der Waals surface area contributed by atoms with Gasteiger partial charge in [0.05, 0.1) is 11.2 Å². The molecule has 0 aliphatic carbocycles. The summed E-state index contributed by atoms with van der Waals surface area (Å²) in [6.45, 7) is 0.662. The van der Waals surface area contributed by atoms with E-state index < -0.39 is 0 Å². The van der Waals surface area contributed by atoms with Crippen molar-refractivity contribution in [2.75, 3.05) is 5.32 Å². The normalized spacial score (nSPS) is 10.7. The first-order valence-electron chi connectivity index (χ1n) is 6.12. The summed E-state index contributed by atoms with van der Waals surface area (Å²) in [4.78, 5) is 8.61. The lowest BCUT2D eigenvalue weighted by molar-refractivity contribution is 1.13. The highest BCUT2D eigenvalue weighted by molar-refractivity contribution is 9.10. The van der Waals surface area contributed by atoms with Gasteiger partial charge in [-0.05, 0) is 51.8 Å². The molecule has 20 heavy (non-hydrogen) atoms. The fraction of sp³-hybridized carbons (Fsp3) is 0.0667. The zero-order chi connectivity index (χ0) is 13.9. The van der Waals surface area contributed by atoms with Crippen molar-refractivity contribution < 1.29 is 0 Å². The predicted molar refractivity (Wildman–Crippen MR) is 86.0 cm³/mol. The molecule has 0 amide bonds. The molecule has 100 valence electrons. The molecule has 5 heteroatoms. The van der Waals surface area contributed by atoms with Crippen LogP contribution in [0.2, 0.25) is 5.02 Å². The third-order valence-corrected chi connectivity index (χ3v) is 3.99. The average molecular weight is 349 g/mol. The van der Waals surface area contributed by atoms with E-state index >= 15 is 0 Å². The monoisotopic (exact) mass is 347 g/mol. The minimum atomic E-state index is 0.662. The molecular formula is C15H11BrClN3. The van der Waals surface area contributed by atoms with E-state index in [1.807, 2.05) is 36.4 Å². The largest absolute Gasteiger partial charge is 0.379 e. The fourth-order valence-electron chi connectivity index (χ4n) is 2.05. The van der Waals surface area contributed by atoms with Crippen LogP contribution in [-0.2, 0) is 6.54 Å². The van der Waals surface area contributed by atoms with Gasteiger partial charge in [0.2, 0.25) is 0 Å². The van der Waals surface area contributed by atoms with Crippen LogP contribution in [0.1, 0.15) is 5.56 Å². The number of anilines is 1. The van der Waals surface area contributed by atoms with E-state index in [0.717, 1.165) is 31.8 Å². The van der Waals surface area contributed by atoms with Crippen molar-refractivity contribution in [1.82, 2.24) is 9.97 Å². The summed E-state index contributed by atoms with van der Waals surface area (Å²) in [5.74, 6) is 0. The van der Waals surface area contributed by atoms with Crippen LogP contribution >= 0.6 is 27.5 Å². The van der Waals surface area contributed by atoms with Gasteiger partial charge < -0.3 is 5.32 Å². The first-order chi connectivity index (χ1) is 9.75. The standard InChI is InChI=1S/C15H11BrClN3/c16-15-13(4-2-8-19-15)20-9-10-5-6-12(17)11-3-1-7-18-14(10)11/h1-8,20H,9H2. The summed E-state index contributed by atoms with van der Waals surface area (Å²) < 4.78 is 0.797. The second-order valence-corrected chi connectivity index (χ2v) is 5.46. The van der Waals surface area contributed by atoms with Crippen molar-refractivity contribution in [3.63, 3.8) is 0 Å². The molecule has 0 atom stereocenters. The Morgan fingerprint density at radius 2 is 1.85 bits per heavy atom. The zero-order valence-corrected chi connectivity index (χ0v) is 12.8. The highest BCUT2D eigenvalue weighted by Gasteiger charge is 2.06. The number of pyridine rings is 2. The lowest BCUT2D eigenvalue weighted by Gasteiger charge is -2.10. The summed E-state index contributed by atoms with van der Waals surface area (Å²) in [5, 5.41) is 5.04. The number of benzene rings is 1. The molecule has 3 nitrogen and oxygen atoms in total. The van der Waals surface area contributed by atoms with Crippen molar-refractivity contribution in [2.24, 2.45) is 0 Å². The third kappa shape index (κ3) is 2.62. The van der Waals surface area contributed by atoms with Crippen LogP contribution in [0.25, 0.3) is 10.9 Å². The fourth-order valence-corrected chi connectivity index (χ4v) is 2.65. The Hall–Kier alpha value is -1.65. The lowest BCUT2D eigenvalue weighted by atomic mass is 10.1. The van der Waals surface area contributed by atoms with Crippen molar-refractivity contribution in [1.29, 1.82) is 0 Å². The second-order valence-electron chi connectivity index (χ2n) is 4.30. The van der Waals surface area contributed by atoms with Gasteiger partial charge in [0, 0.05) is 29.3 Å². The predicted octanol–water partition coefficient (Wildman–Crippen LogP) is 4.66. The van der Waals surface area contributed by atoms with Gasteiger partial charge in [-0.2, -0.15) is 0 Å². The molecule has 1 aromatic carbocycles. The van der Waals surface area contributed by atoms with Crippen LogP contribution in [-0.4, -0.2) is 9.97 Å². The summed E-state index contributed by atoms with van der Waals surface area (Å²) in [6.07, 6.45) is 3.52. The highest BCUT2D eigenvalue weighted by atomic mass is 79.9. The maximum absolute atomic E-state index is 6.19. The number of fused-ring (bicyclic) bond motifs is 1. The Balaban J connectivity index is 1.92. The molecule has 2 aromatic heterocycles. The van der Waals surface area contributed by atoms with Crippen molar-refractivity contribution in [3.05, 3.63) is 64.0 Å². The van der Waals surface area contributed by atoms with Crippen LogP contribution < -0.4 is 5.32 Å². The van der Waals surface area contributed by atoms with Crippen LogP contribution in [0.5, 0.6) is 0 Å². The minimum Gasteiger partial charge on any atom is -0.379 e. The quantitative estimate of drug-likeness (QED) is 0.700. The number of nitrogens with one attached hydrogen (secondary N) is 1. The van der Waals surface area contributed by atoms with Crippen molar-refractivity contribution in [3.8, 4) is 0 Å². The first-order valence-corrected chi connectivity index (χ1v) is 7.29. The van der Waals surface area contributed by atoms with E-state index in [4.69, 9.17) is 11.6 Å². The summed E-state index contributed by atoms with van der Waals surface area (Å²) in [7, 11) is 0. The summed E-state index contributed by atoms with van der Waals surface area (Å²) in [5.41, 5.74) is 2.97. The van der Waals surface area contributed by atoms with Gasteiger partial charge in [0.1, 0.15) is 4.60 Å². The minimum absolute atomic E-state index is 0.662. The maximum atomic E-state index is 6.19. The van der Waals surface area contributed by atoms with Gasteiger partial charge in [-0.1, -0.05) is 17.7 Å². The SMILES string of the molecule is Clc1ccc(CNc2cccnc2Br)c2ncccc12. The molecule has 0 saturated carbocycles. The van der Waals surface area contributed by atoms with E-state index in [2.05, 4.69) is 31.2 Å². The molecule has 0 unspecified atom stereocenters. The molecule has 0 spiro atoms. The second kappa shape index (κ2) is 5.77. The van der Waals surface area contributed by atoms with Gasteiger partial charge >= 0.3 is 0 Å². The lowest BCUT2D eigenvalue weighted by Crippen LogP contribution is -2.02.